The highest BCUT2D eigenvalue weighted by Crippen LogP contribution is 2.37. The fraction of sp³-hybridized carbons (Fsp3) is 1.00. The van der Waals surface area contributed by atoms with E-state index in [1.165, 1.54) is 0 Å². The first kappa shape index (κ1) is 96.4. The summed E-state index contributed by atoms with van der Waals surface area (Å²) in [5.74, 6) is 0.0166. The maximum Gasteiger partial charge on any atom is 0.187 e. The summed E-state index contributed by atoms with van der Waals surface area (Å²) in [6.45, 7) is 1.03. The van der Waals surface area contributed by atoms with Crippen LogP contribution in [0.25, 0.3) is 0 Å². The zero-order valence-electron chi connectivity index (χ0n) is 63.8. The molecule has 36 heteroatoms. The smallest absolute Gasteiger partial charge is 0.187 e. The Morgan fingerprint density at radius 1 is 0.248 bits per heavy atom. The molecule has 0 saturated carbocycles. The van der Waals surface area contributed by atoms with Gasteiger partial charge < -0.3 is 178 Å². The van der Waals surface area contributed by atoms with Crippen LogP contribution in [0.4, 0.5) is 0 Å². The second-order valence-corrected chi connectivity index (χ2v) is 30.5. The molecule has 0 spiro atoms. The van der Waals surface area contributed by atoms with Gasteiger partial charge in [0.25, 0.3) is 0 Å². The van der Waals surface area contributed by atoms with Crippen LogP contribution in [0.1, 0.15) is 156 Å². The molecular formula is C73H136O36. The summed E-state index contributed by atoms with van der Waals surface area (Å²) < 4.78 is 91.3. The molecule has 0 aromatic heterocycles. The van der Waals surface area contributed by atoms with E-state index in [0.717, 1.165) is 128 Å². The van der Waals surface area contributed by atoms with E-state index in [2.05, 4.69) is 27.7 Å². The topological polar surface area (TPSA) is 563 Å². The SMILES string of the molecule is CCCCCCC(CCCCCC)COCC(COCC(CCCCCC)CCCCCC)COCC(CO[C@@H]1OC(CO)[C@@H](O[C@H]2OC(CO)[C@@H](O)[C@H](O)C2O)C(O)C1O)(CO[C@@H]1OC(CO)[C@@H](O[C@H]2OC(CO)[C@@H](O)C(O)[C@H]2O)C(O)C1O)CO[C@@H]1OC(CO)[C@H](O[C@H]2OC(CO)[C@@H](O)C(O)C2O)C(O)C1O. The Morgan fingerprint density at radius 3 is 0.743 bits per heavy atom. The molecule has 0 aliphatic carbocycles. The first-order chi connectivity index (χ1) is 52.3. The molecule has 109 heavy (non-hydrogen) atoms. The van der Waals surface area contributed by atoms with Gasteiger partial charge in [-0.3, -0.25) is 0 Å². The minimum atomic E-state index is -2.16. The van der Waals surface area contributed by atoms with Gasteiger partial charge in [0.2, 0.25) is 0 Å². The Hall–Kier alpha value is -1.44. The first-order valence-corrected chi connectivity index (χ1v) is 39.7. The van der Waals surface area contributed by atoms with Crippen molar-refractivity contribution in [3.05, 3.63) is 0 Å². The third kappa shape index (κ3) is 28.1. The van der Waals surface area contributed by atoms with Crippen molar-refractivity contribution in [1.82, 2.24) is 0 Å². The average Bonchev–Trinajstić information content (AvgIpc) is 0.791. The molecule has 17 unspecified atom stereocenters. The second-order valence-electron chi connectivity index (χ2n) is 30.5. The van der Waals surface area contributed by atoms with Crippen molar-refractivity contribution in [3.63, 3.8) is 0 Å². The van der Waals surface area contributed by atoms with Crippen molar-refractivity contribution in [2.75, 3.05) is 99.1 Å². The van der Waals surface area contributed by atoms with Crippen LogP contribution in [0.2, 0.25) is 0 Å². The predicted molar refractivity (Wildman–Crippen MR) is 377 cm³/mol. The summed E-state index contributed by atoms with van der Waals surface area (Å²) in [5.41, 5.74) is -2.00. The molecule has 36 nitrogen and oxygen atoms in total. The number of aliphatic hydroxyl groups excluding tert-OH is 21. The number of aliphatic hydroxyl groups is 21. The molecule has 6 fully saturated rings. The highest BCUT2D eigenvalue weighted by molar-refractivity contribution is 4.99. The average molecular weight is 1590 g/mol. The van der Waals surface area contributed by atoms with Crippen molar-refractivity contribution in [2.45, 2.75) is 340 Å². The Labute approximate surface area is 638 Å². The van der Waals surface area contributed by atoms with Crippen molar-refractivity contribution in [3.8, 4) is 0 Å². The number of unbranched alkanes of at least 4 members (excludes halogenated alkanes) is 12. The van der Waals surface area contributed by atoms with Crippen LogP contribution in [-0.2, 0) is 71.1 Å². The van der Waals surface area contributed by atoms with E-state index in [0.29, 0.717) is 13.2 Å². The van der Waals surface area contributed by atoms with Gasteiger partial charge in [-0.25, -0.2) is 0 Å². The lowest BCUT2D eigenvalue weighted by Crippen LogP contribution is -2.65. The summed E-state index contributed by atoms with van der Waals surface area (Å²) >= 11 is 0. The van der Waals surface area contributed by atoms with Crippen LogP contribution < -0.4 is 0 Å². The number of rotatable bonds is 53. The maximum atomic E-state index is 11.9. The van der Waals surface area contributed by atoms with E-state index in [4.69, 9.17) is 71.1 Å². The van der Waals surface area contributed by atoms with Crippen LogP contribution in [-0.4, -0.2) is 391 Å². The third-order valence-corrected chi connectivity index (χ3v) is 21.6. The van der Waals surface area contributed by atoms with Crippen LogP contribution in [0.5, 0.6) is 0 Å². The van der Waals surface area contributed by atoms with E-state index < -0.39 is 262 Å². The van der Waals surface area contributed by atoms with E-state index in [9.17, 15) is 107 Å². The van der Waals surface area contributed by atoms with Gasteiger partial charge in [0, 0.05) is 19.1 Å². The molecule has 6 aliphatic rings. The Morgan fingerprint density at radius 2 is 0.486 bits per heavy atom. The lowest BCUT2D eigenvalue weighted by molar-refractivity contribution is -0.370. The monoisotopic (exact) mass is 1590 g/mol. The van der Waals surface area contributed by atoms with Gasteiger partial charge in [0.05, 0.1) is 91.3 Å². The van der Waals surface area contributed by atoms with Gasteiger partial charge in [-0.2, -0.15) is 0 Å². The molecule has 31 atom stereocenters. The van der Waals surface area contributed by atoms with Gasteiger partial charge in [0.1, 0.15) is 146 Å². The van der Waals surface area contributed by atoms with Gasteiger partial charge in [-0.1, -0.05) is 130 Å². The summed E-state index contributed by atoms with van der Waals surface area (Å²) in [5, 5.41) is 229. The third-order valence-electron chi connectivity index (χ3n) is 21.6. The normalized spacial score (nSPS) is 38.2. The highest BCUT2D eigenvalue weighted by Gasteiger charge is 2.56. The van der Waals surface area contributed by atoms with Gasteiger partial charge in [0.15, 0.2) is 37.7 Å². The van der Waals surface area contributed by atoms with Crippen LogP contribution in [0.3, 0.4) is 0 Å². The Bertz CT molecular complexity index is 2100. The summed E-state index contributed by atoms with van der Waals surface area (Å²) in [6, 6.07) is 0. The molecule has 6 rings (SSSR count). The molecule has 0 aromatic carbocycles. The molecule has 6 aliphatic heterocycles. The van der Waals surface area contributed by atoms with Crippen molar-refractivity contribution >= 4 is 0 Å². The summed E-state index contributed by atoms with van der Waals surface area (Å²) in [4.78, 5) is 0. The molecule has 0 bridgehead atoms. The summed E-state index contributed by atoms with van der Waals surface area (Å²) in [6.07, 6.45) is -35.5. The molecule has 644 valence electrons. The zero-order valence-corrected chi connectivity index (χ0v) is 63.8. The largest absolute Gasteiger partial charge is 0.394 e. The van der Waals surface area contributed by atoms with Crippen LogP contribution in [0.15, 0.2) is 0 Å². The molecule has 0 radical (unpaired) electrons. The maximum absolute atomic E-state index is 11.9. The quantitative estimate of drug-likeness (QED) is 0.0256. The standard InChI is InChI=1S/C73H136O36/c1-5-9-13-17-21-40(22-18-14-10-6-2)31-95-33-42(34-96-32-41(23-19-15-11-7-3)24-20-16-12-8-4)35-97-36-73(37-98-67-61(92)55(86)64(46(28-77)104-67)107-70-58(89)52(83)49(80)43(25-74)101-70,38-99-68-62(93)56(87)65(47(29-78)105-68)108-71-59(90)53(84)50(81)44(26-75)102-71)39-100-69-63(94)57(88)66(48(30-79)106-69)109-72-60(91)54(85)51(82)45(27-76)103-72/h40-72,74-94H,5-39H2,1-4H3/t43?,44?,45?,46?,47?,48?,49-,50-,51-,52+,53?,54?,55?,56?,57?,58?,59-,60?,61?,62?,63?,64-,65-,66+,67-,68-,69-,70-,71-,72-,73?/m1/s1. The molecule has 0 aromatic rings. The minimum absolute atomic E-state index is 0.141. The minimum Gasteiger partial charge on any atom is -0.394 e. The summed E-state index contributed by atoms with van der Waals surface area (Å²) in [7, 11) is 0. The van der Waals surface area contributed by atoms with Gasteiger partial charge >= 0.3 is 0 Å². The number of hydrogen-bond donors (Lipinski definition) is 21. The Kier molecular flexibility index (Phi) is 44.5. The van der Waals surface area contributed by atoms with Crippen molar-refractivity contribution < 1.29 is 178 Å². The van der Waals surface area contributed by atoms with Crippen LogP contribution >= 0.6 is 0 Å². The fourth-order valence-corrected chi connectivity index (χ4v) is 14.6. The molecule has 21 N–H and O–H groups in total. The molecule has 6 saturated heterocycles. The van der Waals surface area contributed by atoms with E-state index >= 15 is 0 Å². The predicted octanol–water partition coefficient (Wildman–Crippen LogP) is -4.33. The Balaban J connectivity index is 1.39. The molecule has 0 amide bonds. The van der Waals surface area contributed by atoms with Crippen LogP contribution in [0, 0.1) is 23.2 Å². The number of ether oxygens (including phenoxy) is 15. The second kappa shape index (κ2) is 50.4. The van der Waals surface area contributed by atoms with Gasteiger partial charge in [-0.05, 0) is 37.5 Å². The number of hydrogen-bond acceptors (Lipinski definition) is 36. The lowest BCUT2D eigenvalue weighted by atomic mass is 9.91. The van der Waals surface area contributed by atoms with Crippen molar-refractivity contribution in [2.24, 2.45) is 23.2 Å². The zero-order chi connectivity index (χ0) is 79.9. The first-order valence-electron chi connectivity index (χ1n) is 39.7. The molecular weight excluding hydrogens is 1450 g/mol. The van der Waals surface area contributed by atoms with E-state index in [1.54, 1.807) is 0 Å². The van der Waals surface area contributed by atoms with Crippen molar-refractivity contribution in [1.29, 1.82) is 0 Å². The van der Waals surface area contributed by atoms with E-state index in [1.807, 2.05) is 0 Å². The van der Waals surface area contributed by atoms with Gasteiger partial charge in [-0.15, -0.1) is 0 Å². The van der Waals surface area contributed by atoms with E-state index in [-0.39, 0.29) is 31.7 Å². The highest BCUT2D eigenvalue weighted by atomic mass is 16.8. The molecule has 6 heterocycles. The lowest BCUT2D eigenvalue weighted by Gasteiger charge is -2.47. The fourth-order valence-electron chi connectivity index (χ4n) is 14.6.